The summed E-state index contributed by atoms with van der Waals surface area (Å²) in [7, 11) is 0. The predicted octanol–water partition coefficient (Wildman–Crippen LogP) is 3.44. The van der Waals surface area contributed by atoms with E-state index in [1.165, 1.54) is 6.42 Å². The number of hydrogen-bond donors (Lipinski definition) is 0. The third-order valence-corrected chi connectivity index (χ3v) is 2.22. The van der Waals surface area contributed by atoms with E-state index < -0.39 is 0 Å². The summed E-state index contributed by atoms with van der Waals surface area (Å²) in [5, 5.41) is 1.11. The lowest BCUT2D eigenvalue weighted by molar-refractivity contribution is 0.760. The average molecular weight is 217 g/mol. The molecule has 0 bridgehead atoms. The van der Waals surface area contributed by atoms with E-state index in [1.807, 2.05) is 37.3 Å². The quantitative estimate of drug-likeness (QED) is 0.717. The second kappa shape index (κ2) is 6.11. The molecule has 0 atom stereocenters. The van der Waals surface area contributed by atoms with Crippen LogP contribution < -0.4 is 5.56 Å². The molecule has 0 aliphatic rings. The van der Waals surface area contributed by atoms with Crippen LogP contribution in [-0.4, -0.2) is 4.57 Å². The van der Waals surface area contributed by atoms with E-state index in [-0.39, 0.29) is 5.56 Å². The molecular weight excluding hydrogens is 198 g/mol. The topological polar surface area (TPSA) is 22.0 Å². The number of rotatable bonds is 1. The lowest BCUT2D eigenvalue weighted by Gasteiger charge is -2.05. The van der Waals surface area contributed by atoms with Crippen LogP contribution in [-0.2, 0) is 6.54 Å². The zero-order valence-electron chi connectivity index (χ0n) is 10.2. The molecule has 2 nitrogen and oxygen atoms in total. The molecule has 86 valence electrons. The largest absolute Gasteiger partial charge is 0.309 e. The van der Waals surface area contributed by atoms with Gasteiger partial charge in [0, 0.05) is 12.6 Å². The molecule has 0 N–H and O–H groups in total. The van der Waals surface area contributed by atoms with E-state index in [4.69, 9.17) is 0 Å². The van der Waals surface area contributed by atoms with Crippen molar-refractivity contribution in [2.75, 3.05) is 0 Å². The fourth-order valence-corrected chi connectivity index (χ4v) is 1.57. The smallest absolute Gasteiger partial charge is 0.250 e. The first-order chi connectivity index (χ1) is 7.74. The molecule has 0 fully saturated rings. The Balaban J connectivity index is 0.000000386. The Labute approximate surface area is 96.5 Å². The molecule has 0 spiro atoms. The van der Waals surface area contributed by atoms with E-state index >= 15 is 0 Å². The summed E-state index contributed by atoms with van der Waals surface area (Å²) in [6.45, 7) is 6.95. The third kappa shape index (κ3) is 2.72. The molecule has 2 rings (SSSR count). The van der Waals surface area contributed by atoms with Crippen molar-refractivity contribution in [1.29, 1.82) is 0 Å². The molecule has 1 aromatic carbocycles. The Morgan fingerprint density at radius 1 is 1.00 bits per heavy atom. The number of hydrogen-bond acceptors (Lipinski definition) is 1. The Morgan fingerprint density at radius 3 is 2.25 bits per heavy atom. The van der Waals surface area contributed by atoms with Crippen molar-refractivity contribution < 1.29 is 0 Å². The molecule has 0 aliphatic carbocycles. The maximum Gasteiger partial charge on any atom is 0.250 e. The van der Waals surface area contributed by atoms with Gasteiger partial charge in [0.2, 0.25) is 0 Å². The van der Waals surface area contributed by atoms with E-state index in [9.17, 15) is 4.79 Å². The van der Waals surface area contributed by atoms with Gasteiger partial charge < -0.3 is 4.57 Å². The van der Waals surface area contributed by atoms with Gasteiger partial charge in [0.15, 0.2) is 0 Å². The molecule has 0 unspecified atom stereocenters. The van der Waals surface area contributed by atoms with Gasteiger partial charge in [-0.2, -0.15) is 0 Å². The Morgan fingerprint density at radius 2 is 1.62 bits per heavy atom. The zero-order chi connectivity index (χ0) is 12.0. The van der Waals surface area contributed by atoms with E-state index in [2.05, 4.69) is 13.8 Å². The molecule has 2 aromatic rings. The van der Waals surface area contributed by atoms with Gasteiger partial charge in [0.1, 0.15) is 0 Å². The molecule has 1 heterocycles. The second-order valence-electron chi connectivity index (χ2n) is 3.68. The average Bonchev–Trinajstić information content (AvgIpc) is 2.30. The lowest BCUT2D eigenvalue weighted by atomic mass is 10.2. The van der Waals surface area contributed by atoms with Crippen LogP contribution in [0.3, 0.4) is 0 Å². The Hall–Kier alpha value is -1.57. The summed E-state index contributed by atoms with van der Waals surface area (Å²) in [6, 6.07) is 11.4. The summed E-state index contributed by atoms with van der Waals surface area (Å²) >= 11 is 0. The fraction of sp³-hybridized carbons (Fsp3) is 0.357. The van der Waals surface area contributed by atoms with E-state index in [0.29, 0.717) is 0 Å². The summed E-state index contributed by atoms with van der Waals surface area (Å²) in [4.78, 5) is 11.4. The minimum atomic E-state index is 0.0706. The van der Waals surface area contributed by atoms with Crippen molar-refractivity contribution in [3.05, 3.63) is 46.8 Å². The number of nitrogens with zero attached hydrogens (tertiary/aromatic N) is 1. The van der Waals surface area contributed by atoms with Crippen LogP contribution in [0.4, 0.5) is 0 Å². The third-order valence-electron chi connectivity index (χ3n) is 2.22. The van der Waals surface area contributed by atoms with Crippen molar-refractivity contribution in [2.45, 2.75) is 33.7 Å². The highest BCUT2D eigenvalue weighted by molar-refractivity contribution is 5.78. The van der Waals surface area contributed by atoms with Crippen molar-refractivity contribution in [3.63, 3.8) is 0 Å². The molecule has 2 heteroatoms. The Bertz CT molecular complexity index is 499. The first kappa shape index (κ1) is 12.5. The van der Waals surface area contributed by atoms with Crippen LogP contribution in [0.25, 0.3) is 10.9 Å². The first-order valence-electron chi connectivity index (χ1n) is 5.83. The SMILES string of the molecule is CCC.CCn1c(=O)ccc2ccccc21. The first-order valence-corrected chi connectivity index (χ1v) is 5.83. The minimum absolute atomic E-state index is 0.0706. The normalized spacial score (nSPS) is 9.69. The highest BCUT2D eigenvalue weighted by atomic mass is 16.1. The summed E-state index contributed by atoms with van der Waals surface area (Å²) in [6.07, 6.45) is 1.25. The molecule has 0 radical (unpaired) electrons. The zero-order valence-corrected chi connectivity index (χ0v) is 10.2. The molecule has 0 amide bonds. The van der Waals surface area contributed by atoms with Gasteiger partial charge in [0.25, 0.3) is 5.56 Å². The van der Waals surface area contributed by atoms with Crippen LogP contribution in [0, 0.1) is 0 Å². The van der Waals surface area contributed by atoms with Crippen molar-refractivity contribution in [1.82, 2.24) is 4.57 Å². The molecule has 0 saturated carbocycles. The van der Waals surface area contributed by atoms with Gasteiger partial charge >= 0.3 is 0 Å². The number of benzene rings is 1. The number of fused-ring (bicyclic) bond motifs is 1. The monoisotopic (exact) mass is 217 g/mol. The molecular formula is C14H19NO. The van der Waals surface area contributed by atoms with Gasteiger partial charge in [0.05, 0.1) is 5.52 Å². The maximum atomic E-state index is 11.4. The van der Waals surface area contributed by atoms with Gasteiger partial charge in [-0.25, -0.2) is 0 Å². The molecule has 16 heavy (non-hydrogen) atoms. The van der Waals surface area contributed by atoms with E-state index in [1.54, 1.807) is 10.6 Å². The molecule has 0 saturated heterocycles. The van der Waals surface area contributed by atoms with Gasteiger partial charge in [-0.15, -0.1) is 0 Å². The number of aromatic nitrogens is 1. The van der Waals surface area contributed by atoms with Gasteiger partial charge in [-0.3, -0.25) is 4.79 Å². The van der Waals surface area contributed by atoms with Crippen LogP contribution in [0.1, 0.15) is 27.2 Å². The maximum absolute atomic E-state index is 11.4. The van der Waals surface area contributed by atoms with Crippen molar-refractivity contribution >= 4 is 10.9 Å². The van der Waals surface area contributed by atoms with E-state index in [0.717, 1.165) is 17.4 Å². The highest BCUT2D eigenvalue weighted by Gasteiger charge is 1.98. The van der Waals surface area contributed by atoms with Crippen LogP contribution in [0.15, 0.2) is 41.2 Å². The van der Waals surface area contributed by atoms with Crippen molar-refractivity contribution in [2.24, 2.45) is 0 Å². The number of pyridine rings is 1. The summed E-state index contributed by atoms with van der Waals surface area (Å²) in [5.41, 5.74) is 1.08. The fourth-order valence-electron chi connectivity index (χ4n) is 1.57. The molecule has 0 aliphatic heterocycles. The number of para-hydroxylation sites is 1. The minimum Gasteiger partial charge on any atom is -0.309 e. The van der Waals surface area contributed by atoms with Gasteiger partial charge in [-0.1, -0.05) is 38.5 Å². The summed E-state index contributed by atoms with van der Waals surface area (Å²) < 4.78 is 1.77. The van der Waals surface area contributed by atoms with Gasteiger partial charge in [-0.05, 0) is 24.4 Å². The van der Waals surface area contributed by atoms with Crippen LogP contribution >= 0.6 is 0 Å². The highest BCUT2D eigenvalue weighted by Crippen LogP contribution is 2.10. The lowest BCUT2D eigenvalue weighted by Crippen LogP contribution is -2.17. The van der Waals surface area contributed by atoms with Crippen LogP contribution in [0.2, 0.25) is 0 Å². The predicted molar refractivity (Wildman–Crippen MR) is 69.8 cm³/mol. The van der Waals surface area contributed by atoms with Crippen LogP contribution in [0.5, 0.6) is 0 Å². The number of aryl methyl sites for hydroxylation is 1. The summed E-state index contributed by atoms with van der Waals surface area (Å²) in [5.74, 6) is 0. The molecule has 1 aromatic heterocycles. The standard InChI is InChI=1S/C11H11NO.C3H8/c1-2-12-10-6-4-3-5-9(10)7-8-11(12)13;1-3-2/h3-8H,2H2,1H3;3H2,1-2H3. The second-order valence-corrected chi connectivity index (χ2v) is 3.68. The van der Waals surface area contributed by atoms with Crippen molar-refractivity contribution in [3.8, 4) is 0 Å². The Kier molecular flexibility index (Phi) is 4.77.